The number of hydrogen-bond acceptors (Lipinski definition) is 4. The number of hydrogen-bond donors (Lipinski definition) is 1. The molecule has 30 heavy (non-hydrogen) atoms. The van der Waals surface area contributed by atoms with Gasteiger partial charge in [-0.1, -0.05) is 29.8 Å². The lowest BCUT2D eigenvalue weighted by molar-refractivity contribution is 0.0991. The summed E-state index contributed by atoms with van der Waals surface area (Å²) in [5, 5.41) is 7.98. The predicted molar refractivity (Wildman–Crippen MR) is 119 cm³/mol. The molecule has 1 aliphatic rings. The molecule has 1 N–H and O–H groups in total. The van der Waals surface area contributed by atoms with Crippen molar-refractivity contribution in [2.45, 2.75) is 23.8 Å². The maximum Gasteiger partial charge on any atom is 0.276 e. The Morgan fingerprint density at radius 1 is 1.17 bits per heavy atom. The molecule has 0 bridgehead atoms. The quantitative estimate of drug-likeness (QED) is 0.619. The van der Waals surface area contributed by atoms with E-state index in [2.05, 4.69) is 10.4 Å². The SMILES string of the molecule is O=C(Nc1cccc(CS(=O)C2CCOCC2)c1)c1ccn(-c2cccc(Cl)c2)n1. The van der Waals surface area contributed by atoms with Gasteiger partial charge >= 0.3 is 0 Å². The van der Waals surface area contributed by atoms with Crippen molar-refractivity contribution in [2.24, 2.45) is 0 Å². The van der Waals surface area contributed by atoms with E-state index in [0.29, 0.717) is 35.4 Å². The Morgan fingerprint density at radius 3 is 2.77 bits per heavy atom. The van der Waals surface area contributed by atoms with Gasteiger partial charge in [0.15, 0.2) is 5.69 Å². The molecule has 1 atom stereocenters. The molecule has 1 aliphatic heterocycles. The molecule has 2 aromatic carbocycles. The summed E-state index contributed by atoms with van der Waals surface area (Å²) in [6.45, 7) is 1.35. The van der Waals surface area contributed by atoms with Crippen molar-refractivity contribution in [3.8, 4) is 5.69 Å². The number of rotatable bonds is 6. The Morgan fingerprint density at radius 2 is 1.97 bits per heavy atom. The summed E-state index contributed by atoms with van der Waals surface area (Å²) in [4.78, 5) is 12.6. The summed E-state index contributed by atoms with van der Waals surface area (Å²) in [7, 11) is -0.953. The smallest absolute Gasteiger partial charge is 0.276 e. The topological polar surface area (TPSA) is 73.2 Å². The van der Waals surface area contributed by atoms with Crippen LogP contribution in [0.5, 0.6) is 0 Å². The minimum absolute atomic E-state index is 0.174. The summed E-state index contributed by atoms with van der Waals surface area (Å²) in [6, 6.07) is 16.4. The van der Waals surface area contributed by atoms with E-state index < -0.39 is 10.8 Å². The molecule has 1 amide bonds. The first-order chi connectivity index (χ1) is 14.6. The summed E-state index contributed by atoms with van der Waals surface area (Å²) in [6.07, 6.45) is 3.38. The van der Waals surface area contributed by atoms with Crippen molar-refractivity contribution in [3.63, 3.8) is 0 Å². The highest BCUT2D eigenvalue weighted by Gasteiger charge is 2.20. The Labute approximate surface area is 182 Å². The van der Waals surface area contributed by atoms with Crippen LogP contribution in [0.3, 0.4) is 0 Å². The van der Waals surface area contributed by atoms with Gasteiger partial charge in [0.1, 0.15) is 0 Å². The van der Waals surface area contributed by atoms with Crippen molar-refractivity contribution in [1.29, 1.82) is 0 Å². The zero-order valence-corrected chi connectivity index (χ0v) is 17.9. The van der Waals surface area contributed by atoms with Crippen molar-refractivity contribution < 1.29 is 13.7 Å². The first-order valence-electron chi connectivity index (χ1n) is 9.75. The average Bonchev–Trinajstić information content (AvgIpc) is 3.25. The molecule has 1 aromatic heterocycles. The van der Waals surface area contributed by atoms with Gasteiger partial charge in [-0.05, 0) is 54.8 Å². The third kappa shape index (κ3) is 5.16. The molecular weight excluding hydrogens is 422 g/mol. The normalized spacial score (nSPS) is 15.6. The van der Waals surface area contributed by atoms with Crippen LogP contribution in [0, 0.1) is 0 Å². The third-order valence-electron chi connectivity index (χ3n) is 4.93. The van der Waals surface area contributed by atoms with Gasteiger partial charge in [0.25, 0.3) is 5.91 Å². The lowest BCUT2D eigenvalue weighted by Gasteiger charge is -2.21. The zero-order valence-electron chi connectivity index (χ0n) is 16.3. The third-order valence-corrected chi connectivity index (χ3v) is 7.00. The van der Waals surface area contributed by atoms with Crippen LogP contribution in [0.25, 0.3) is 5.69 Å². The van der Waals surface area contributed by atoms with E-state index in [-0.39, 0.29) is 11.2 Å². The Balaban J connectivity index is 1.41. The van der Waals surface area contributed by atoms with Crippen LogP contribution in [0.1, 0.15) is 28.9 Å². The fourth-order valence-electron chi connectivity index (χ4n) is 3.36. The van der Waals surface area contributed by atoms with E-state index in [1.165, 1.54) is 0 Å². The molecule has 2 heterocycles. The van der Waals surface area contributed by atoms with E-state index in [4.69, 9.17) is 16.3 Å². The standard InChI is InChI=1S/C22H22ClN3O3S/c23-17-4-2-6-19(14-17)26-10-7-21(25-26)22(27)24-18-5-1-3-16(13-18)15-30(28)20-8-11-29-12-9-20/h1-7,10,13-14,20H,8-9,11-12,15H2,(H,24,27). The maximum atomic E-state index is 12.6. The van der Waals surface area contributed by atoms with Crippen LogP contribution in [0.2, 0.25) is 5.02 Å². The number of ether oxygens (including phenoxy) is 1. The highest BCUT2D eigenvalue weighted by Crippen LogP contribution is 2.19. The Hall–Kier alpha value is -2.48. The average molecular weight is 444 g/mol. The molecule has 4 rings (SSSR count). The summed E-state index contributed by atoms with van der Waals surface area (Å²) in [5.74, 6) is 0.163. The molecule has 1 unspecified atom stereocenters. The Kier molecular flexibility index (Phi) is 6.62. The van der Waals surface area contributed by atoms with Gasteiger partial charge < -0.3 is 10.1 Å². The molecular formula is C22H22ClN3O3S. The second-order valence-electron chi connectivity index (χ2n) is 7.12. The number of nitrogens with zero attached hydrogens (tertiary/aromatic N) is 2. The molecule has 0 aliphatic carbocycles. The first kappa shape index (κ1) is 20.8. The van der Waals surface area contributed by atoms with E-state index in [1.807, 2.05) is 36.4 Å². The molecule has 1 saturated heterocycles. The number of nitrogens with one attached hydrogen (secondary N) is 1. The van der Waals surface area contributed by atoms with Gasteiger partial charge in [-0.2, -0.15) is 5.10 Å². The van der Waals surface area contributed by atoms with E-state index >= 15 is 0 Å². The van der Waals surface area contributed by atoms with E-state index in [1.54, 1.807) is 29.1 Å². The minimum Gasteiger partial charge on any atom is -0.381 e. The first-order valence-corrected chi connectivity index (χ1v) is 11.5. The van der Waals surface area contributed by atoms with Crippen LogP contribution < -0.4 is 5.32 Å². The number of halogens is 1. The fraction of sp³-hybridized carbons (Fsp3) is 0.273. The molecule has 0 radical (unpaired) electrons. The zero-order chi connectivity index (χ0) is 20.9. The van der Waals surface area contributed by atoms with Crippen LogP contribution >= 0.6 is 11.6 Å². The van der Waals surface area contributed by atoms with Crippen LogP contribution in [-0.2, 0) is 21.3 Å². The lowest BCUT2D eigenvalue weighted by atomic mass is 10.2. The van der Waals surface area contributed by atoms with Gasteiger partial charge in [0.05, 0.1) is 5.69 Å². The van der Waals surface area contributed by atoms with Crippen LogP contribution in [0.15, 0.2) is 60.8 Å². The number of carbonyl (C=O) groups is 1. The van der Waals surface area contributed by atoms with Gasteiger partial charge in [-0.3, -0.25) is 9.00 Å². The molecule has 156 valence electrons. The number of anilines is 1. The summed E-state index contributed by atoms with van der Waals surface area (Å²) < 4.78 is 19.6. The van der Waals surface area contributed by atoms with Crippen molar-refractivity contribution >= 4 is 34.0 Å². The van der Waals surface area contributed by atoms with Gasteiger partial charge in [0.2, 0.25) is 0 Å². The summed E-state index contributed by atoms with van der Waals surface area (Å²) in [5.41, 5.74) is 2.66. The van der Waals surface area contributed by atoms with E-state index in [9.17, 15) is 9.00 Å². The molecule has 1 fully saturated rings. The second kappa shape index (κ2) is 9.55. The number of aromatic nitrogens is 2. The lowest BCUT2D eigenvalue weighted by Crippen LogP contribution is -2.25. The fourth-order valence-corrected chi connectivity index (χ4v) is 5.01. The number of benzene rings is 2. The van der Waals surface area contributed by atoms with Crippen molar-refractivity contribution in [3.05, 3.63) is 77.1 Å². The monoisotopic (exact) mass is 443 g/mol. The van der Waals surface area contributed by atoms with Crippen molar-refractivity contribution in [2.75, 3.05) is 18.5 Å². The molecule has 0 saturated carbocycles. The molecule has 0 spiro atoms. The second-order valence-corrected chi connectivity index (χ2v) is 9.27. The van der Waals surface area contributed by atoms with Gasteiger partial charge in [-0.15, -0.1) is 0 Å². The highest BCUT2D eigenvalue weighted by atomic mass is 35.5. The van der Waals surface area contributed by atoms with Gasteiger partial charge in [0, 0.05) is 51.9 Å². The predicted octanol–water partition coefficient (Wildman–Crippen LogP) is 4.21. The van der Waals surface area contributed by atoms with Gasteiger partial charge in [-0.25, -0.2) is 4.68 Å². The van der Waals surface area contributed by atoms with Crippen molar-refractivity contribution in [1.82, 2.24) is 9.78 Å². The minimum atomic E-state index is -0.953. The number of carbonyl (C=O) groups excluding carboxylic acids is 1. The number of amides is 1. The maximum absolute atomic E-state index is 12.6. The van der Waals surface area contributed by atoms with Crippen LogP contribution in [0.4, 0.5) is 5.69 Å². The van der Waals surface area contributed by atoms with Crippen LogP contribution in [-0.4, -0.2) is 38.4 Å². The molecule has 6 nitrogen and oxygen atoms in total. The van der Waals surface area contributed by atoms with E-state index in [0.717, 1.165) is 24.1 Å². The highest BCUT2D eigenvalue weighted by molar-refractivity contribution is 7.84. The Bertz CT molecular complexity index is 1060. The molecule has 3 aromatic rings. The largest absolute Gasteiger partial charge is 0.381 e. The summed E-state index contributed by atoms with van der Waals surface area (Å²) >= 11 is 6.02. The molecule has 8 heteroatoms.